The third-order valence-electron chi connectivity index (χ3n) is 4.38. The molecular weight excluding hydrogens is 528 g/mol. The highest BCUT2D eigenvalue weighted by Crippen LogP contribution is 2.26. The molecule has 0 bridgehead atoms. The van der Waals surface area contributed by atoms with Crippen LogP contribution in [0, 0.1) is 5.92 Å². The topological polar surface area (TPSA) is 99.8 Å². The fraction of sp³-hybridized carbons (Fsp3) is 0.238. The Kier molecular flexibility index (Phi) is 8.89. The number of H-pyrrole nitrogens is 1. The molecule has 1 atom stereocenters. The lowest BCUT2D eigenvalue weighted by Crippen LogP contribution is -2.32. The summed E-state index contributed by atoms with van der Waals surface area (Å²) in [5.41, 5.74) is 0.802. The number of nitrogens with zero attached hydrogens (tertiary/aromatic N) is 2. The molecule has 0 radical (unpaired) electrons. The summed E-state index contributed by atoms with van der Waals surface area (Å²) in [6.07, 6.45) is 0. The van der Waals surface area contributed by atoms with Crippen LogP contribution in [0.3, 0.4) is 0 Å². The van der Waals surface area contributed by atoms with Crippen molar-refractivity contribution >= 4 is 75.7 Å². The van der Waals surface area contributed by atoms with Crippen LogP contribution in [0.2, 0.25) is 20.1 Å². The van der Waals surface area contributed by atoms with Gasteiger partial charge >= 0.3 is 0 Å². The molecule has 0 unspecified atom stereocenters. The molecule has 3 aromatic rings. The van der Waals surface area contributed by atoms with Gasteiger partial charge in [0.25, 0.3) is 5.91 Å². The number of rotatable bonds is 8. The van der Waals surface area contributed by atoms with Gasteiger partial charge in [0.15, 0.2) is 0 Å². The first kappa shape index (κ1) is 25.6. The van der Waals surface area contributed by atoms with Crippen LogP contribution in [0.5, 0.6) is 0 Å². The molecule has 33 heavy (non-hydrogen) atoms. The summed E-state index contributed by atoms with van der Waals surface area (Å²) < 4.78 is 0. The van der Waals surface area contributed by atoms with Gasteiger partial charge < -0.3 is 10.6 Å². The van der Waals surface area contributed by atoms with E-state index in [1.54, 1.807) is 30.3 Å². The van der Waals surface area contributed by atoms with Crippen LogP contribution in [0.4, 0.5) is 5.69 Å². The van der Waals surface area contributed by atoms with E-state index in [1.807, 2.05) is 13.8 Å². The highest BCUT2D eigenvalue weighted by atomic mass is 35.5. The van der Waals surface area contributed by atoms with Gasteiger partial charge in [0.2, 0.25) is 11.1 Å². The molecule has 0 saturated heterocycles. The summed E-state index contributed by atoms with van der Waals surface area (Å²) in [4.78, 5) is 29.4. The Hall–Kier alpha value is -1.97. The molecule has 0 spiro atoms. The Balaban J connectivity index is 1.62. The van der Waals surface area contributed by atoms with Crippen molar-refractivity contribution in [1.82, 2.24) is 20.5 Å². The molecule has 0 aliphatic carbocycles. The van der Waals surface area contributed by atoms with Gasteiger partial charge in [-0.2, -0.15) is 0 Å². The predicted molar refractivity (Wildman–Crippen MR) is 134 cm³/mol. The Labute approximate surface area is 214 Å². The lowest BCUT2D eigenvalue weighted by Gasteiger charge is -2.20. The summed E-state index contributed by atoms with van der Waals surface area (Å²) in [5, 5.41) is 14.5. The number of benzene rings is 2. The van der Waals surface area contributed by atoms with Gasteiger partial charge in [-0.1, -0.05) is 72.0 Å². The SMILES string of the molecule is CC(C)[C@H](NC(=O)c1ccc(Cl)cc1Cl)c1nc(SCC(=O)Nc2cc(Cl)cc(Cl)c2)n[nH]1. The van der Waals surface area contributed by atoms with E-state index in [9.17, 15) is 9.59 Å². The van der Waals surface area contributed by atoms with E-state index >= 15 is 0 Å². The quantitative estimate of drug-likeness (QED) is 0.289. The maximum absolute atomic E-state index is 12.7. The highest BCUT2D eigenvalue weighted by molar-refractivity contribution is 7.99. The van der Waals surface area contributed by atoms with Gasteiger partial charge in [0, 0.05) is 20.8 Å². The number of aromatic amines is 1. The maximum Gasteiger partial charge on any atom is 0.253 e. The fourth-order valence-corrected chi connectivity index (χ4v) is 4.48. The summed E-state index contributed by atoms with van der Waals surface area (Å²) in [6.45, 7) is 3.88. The number of carbonyl (C=O) groups is 2. The van der Waals surface area contributed by atoms with Crippen LogP contribution >= 0.6 is 58.2 Å². The molecule has 3 N–H and O–H groups in total. The van der Waals surface area contributed by atoms with Gasteiger partial charge in [-0.3, -0.25) is 14.7 Å². The molecule has 0 aliphatic heterocycles. The number of nitrogens with one attached hydrogen (secondary N) is 3. The first-order chi connectivity index (χ1) is 15.6. The average molecular weight is 547 g/mol. The molecule has 0 saturated carbocycles. The molecule has 2 aromatic carbocycles. The van der Waals surface area contributed by atoms with Crippen molar-refractivity contribution < 1.29 is 9.59 Å². The van der Waals surface area contributed by atoms with Gasteiger partial charge in [-0.05, 0) is 42.3 Å². The highest BCUT2D eigenvalue weighted by Gasteiger charge is 2.24. The van der Waals surface area contributed by atoms with Crippen LogP contribution in [0.1, 0.15) is 36.1 Å². The van der Waals surface area contributed by atoms with Gasteiger partial charge in [0.1, 0.15) is 5.82 Å². The summed E-state index contributed by atoms with van der Waals surface area (Å²) in [6, 6.07) is 8.99. The number of halogens is 4. The Bertz CT molecular complexity index is 1150. The third kappa shape index (κ3) is 7.25. The van der Waals surface area contributed by atoms with Crippen LogP contribution in [0.25, 0.3) is 0 Å². The van der Waals surface area contributed by atoms with Crippen molar-refractivity contribution in [2.45, 2.75) is 25.0 Å². The average Bonchev–Trinajstić information content (AvgIpc) is 3.18. The van der Waals surface area contributed by atoms with Crippen molar-refractivity contribution in [2.24, 2.45) is 5.92 Å². The second-order valence-corrected chi connectivity index (χ2v) is 9.98. The van der Waals surface area contributed by atoms with Gasteiger partial charge in [0.05, 0.1) is 22.4 Å². The summed E-state index contributed by atoms with van der Waals surface area (Å²) >= 11 is 25.1. The molecule has 3 rings (SSSR count). The Morgan fingerprint density at radius 2 is 1.73 bits per heavy atom. The van der Waals surface area contributed by atoms with Crippen LogP contribution in [-0.2, 0) is 4.79 Å². The number of hydrogen-bond acceptors (Lipinski definition) is 5. The first-order valence-corrected chi connectivity index (χ1v) is 12.2. The van der Waals surface area contributed by atoms with E-state index in [0.717, 1.165) is 11.8 Å². The number of thioether (sulfide) groups is 1. The molecule has 7 nitrogen and oxygen atoms in total. The molecule has 1 heterocycles. The van der Waals surface area contributed by atoms with Crippen molar-refractivity contribution in [3.8, 4) is 0 Å². The zero-order valence-corrected chi connectivity index (χ0v) is 21.3. The number of carbonyl (C=O) groups excluding carboxylic acids is 2. The van der Waals surface area contributed by atoms with Gasteiger partial charge in [-0.25, -0.2) is 4.98 Å². The van der Waals surface area contributed by atoms with E-state index in [1.165, 1.54) is 6.07 Å². The summed E-state index contributed by atoms with van der Waals surface area (Å²) in [5.74, 6) is -0.0912. The molecule has 12 heteroatoms. The van der Waals surface area contributed by atoms with E-state index in [2.05, 4.69) is 25.8 Å². The van der Waals surface area contributed by atoms with E-state index in [-0.39, 0.29) is 28.5 Å². The lowest BCUT2D eigenvalue weighted by molar-refractivity contribution is -0.113. The number of hydrogen-bond donors (Lipinski definition) is 3. The lowest BCUT2D eigenvalue weighted by atomic mass is 10.0. The largest absolute Gasteiger partial charge is 0.342 e. The molecule has 0 aliphatic rings. The zero-order chi connectivity index (χ0) is 24.1. The molecule has 1 aromatic heterocycles. The second kappa shape index (κ2) is 11.4. The van der Waals surface area contributed by atoms with Crippen molar-refractivity contribution in [3.63, 3.8) is 0 Å². The van der Waals surface area contributed by atoms with Crippen molar-refractivity contribution in [2.75, 3.05) is 11.1 Å². The van der Waals surface area contributed by atoms with Gasteiger partial charge in [-0.15, -0.1) is 5.10 Å². The van der Waals surface area contributed by atoms with Crippen LogP contribution in [-0.4, -0.2) is 32.7 Å². The zero-order valence-electron chi connectivity index (χ0n) is 17.5. The standard InChI is InChI=1S/C21H19Cl4N5O2S/c1-10(2)18(27-20(32)15-4-3-11(22)8-16(15)25)19-28-21(30-29-19)33-9-17(31)26-14-6-12(23)5-13(24)7-14/h3-8,10,18H,9H2,1-2H3,(H,26,31)(H,27,32)(H,28,29,30)/t18-/m0/s1. The van der Waals surface area contributed by atoms with Crippen LogP contribution in [0.15, 0.2) is 41.6 Å². The minimum absolute atomic E-state index is 0.00158. The number of aromatic nitrogens is 3. The van der Waals surface area contributed by atoms with E-state index in [0.29, 0.717) is 37.3 Å². The minimum atomic E-state index is -0.450. The predicted octanol–water partition coefficient (Wildman–Crippen LogP) is 6.28. The Morgan fingerprint density at radius 1 is 1.03 bits per heavy atom. The Morgan fingerprint density at radius 3 is 2.36 bits per heavy atom. The second-order valence-electron chi connectivity index (χ2n) is 7.32. The third-order valence-corrected chi connectivity index (χ3v) is 6.22. The van der Waals surface area contributed by atoms with E-state index in [4.69, 9.17) is 46.4 Å². The minimum Gasteiger partial charge on any atom is -0.342 e. The maximum atomic E-state index is 12.7. The molecule has 174 valence electrons. The number of anilines is 1. The monoisotopic (exact) mass is 545 g/mol. The molecule has 2 amide bonds. The molecular formula is C21H19Cl4N5O2S. The van der Waals surface area contributed by atoms with Crippen molar-refractivity contribution in [1.29, 1.82) is 0 Å². The van der Waals surface area contributed by atoms with Crippen molar-refractivity contribution in [3.05, 3.63) is 67.9 Å². The van der Waals surface area contributed by atoms with E-state index < -0.39 is 6.04 Å². The van der Waals surface area contributed by atoms with Crippen LogP contribution < -0.4 is 10.6 Å². The number of amides is 2. The fourth-order valence-electron chi connectivity index (χ4n) is 2.86. The first-order valence-electron chi connectivity index (χ1n) is 9.69. The molecule has 0 fully saturated rings. The summed E-state index contributed by atoms with van der Waals surface area (Å²) in [7, 11) is 0. The smallest absolute Gasteiger partial charge is 0.253 e. The normalized spacial score (nSPS) is 12.0.